The number of carboxylic acid groups (broad SMARTS) is 2. The first kappa shape index (κ1) is 18.9. The van der Waals surface area contributed by atoms with E-state index in [0.29, 0.717) is 0 Å². The maximum atomic E-state index is 12.5. The van der Waals surface area contributed by atoms with Crippen LogP contribution in [-0.2, 0) is 4.74 Å². The second-order valence-corrected chi connectivity index (χ2v) is 4.98. The van der Waals surface area contributed by atoms with Crippen molar-refractivity contribution in [3.8, 4) is 0 Å². The monoisotopic (exact) mass is 330 g/mol. The Morgan fingerprint density at radius 3 is 1.96 bits per heavy atom. The highest BCUT2D eigenvalue weighted by molar-refractivity contribution is 6.09. The number of carbonyl (C=O) groups is 3. The number of carbonyl (C=O) groups excluding carboxylic acids is 1. The maximum absolute atomic E-state index is 12.5. The van der Waals surface area contributed by atoms with Gasteiger partial charge in [-0.05, 0) is 18.2 Å². The molecule has 0 unspecified atom stereocenters. The lowest BCUT2D eigenvalue weighted by Crippen LogP contribution is -2.32. The molecule has 1 rings (SSSR count). The predicted octanol–water partition coefficient (Wildman–Crippen LogP) is 3.32. The highest BCUT2D eigenvalue weighted by Gasteiger charge is 2.32. The zero-order valence-corrected chi connectivity index (χ0v) is 13.0. The van der Waals surface area contributed by atoms with Crippen molar-refractivity contribution in [1.82, 2.24) is 0 Å². The van der Waals surface area contributed by atoms with E-state index < -0.39 is 34.6 Å². The molecular formula is C18H18O6. The molecule has 1 aromatic carbocycles. The normalized spacial score (nSPS) is 10.5. The highest BCUT2D eigenvalue weighted by Crippen LogP contribution is 2.26. The third-order valence-electron chi connectivity index (χ3n) is 3.38. The molecule has 0 saturated heterocycles. The summed E-state index contributed by atoms with van der Waals surface area (Å²) in [5.41, 5.74) is -2.59. The van der Waals surface area contributed by atoms with Crippen LogP contribution in [0, 0.1) is 0 Å². The van der Waals surface area contributed by atoms with Crippen LogP contribution in [0.4, 0.5) is 0 Å². The lowest BCUT2D eigenvalue weighted by molar-refractivity contribution is 0.00586. The van der Waals surface area contributed by atoms with E-state index in [0.717, 1.165) is 6.07 Å². The van der Waals surface area contributed by atoms with Crippen LogP contribution in [0.3, 0.4) is 0 Å². The van der Waals surface area contributed by atoms with Crippen molar-refractivity contribution in [2.75, 3.05) is 0 Å². The molecule has 1 aromatic rings. The van der Waals surface area contributed by atoms with E-state index in [2.05, 4.69) is 19.7 Å². The lowest BCUT2D eigenvalue weighted by atomic mass is 9.94. The van der Waals surface area contributed by atoms with Crippen LogP contribution in [0.2, 0.25) is 0 Å². The molecule has 0 bridgehead atoms. The molecule has 0 amide bonds. The first-order valence-corrected chi connectivity index (χ1v) is 7.00. The van der Waals surface area contributed by atoms with Gasteiger partial charge in [-0.1, -0.05) is 24.8 Å². The number of hydrogen-bond acceptors (Lipinski definition) is 4. The van der Waals surface area contributed by atoms with Gasteiger partial charge in [0.25, 0.3) is 0 Å². The smallest absolute Gasteiger partial charge is 0.339 e. The molecule has 126 valence electrons. The van der Waals surface area contributed by atoms with Crippen LogP contribution in [0.25, 0.3) is 0 Å². The average Bonchev–Trinajstić information content (AvgIpc) is 2.54. The van der Waals surface area contributed by atoms with Crippen LogP contribution < -0.4 is 0 Å². The molecule has 24 heavy (non-hydrogen) atoms. The van der Waals surface area contributed by atoms with E-state index in [9.17, 15) is 19.5 Å². The number of aromatic carboxylic acids is 2. The summed E-state index contributed by atoms with van der Waals surface area (Å²) >= 11 is 0. The molecule has 0 aromatic heterocycles. The fourth-order valence-electron chi connectivity index (χ4n) is 2.23. The van der Waals surface area contributed by atoms with E-state index in [1.807, 2.05) is 0 Å². The SMILES string of the molecule is C=CCC(C=C)(CC=C)OC(=O)c1cccc(C(=O)O)c1C(=O)O. The van der Waals surface area contributed by atoms with Crippen LogP contribution in [0.1, 0.15) is 43.9 Å². The Balaban J connectivity index is 3.37. The average molecular weight is 330 g/mol. The summed E-state index contributed by atoms with van der Waals surface area (Å²) in [6.45, 7) is 10.8. The number of esters is 1. The van der Waals surface area contributed by atoms with Gasteiger partial charge in [-0.25, -0.2) is 14.4 Å². The van der Waals surface area contributed by atoms with Gasteiger partial charge >= 0.3 is 17.9 Å². The fraction of sp³-hybridized carbons (Fsp3) is 0.167. The first-order valence-electron chi connectivity index (χ1n) is 7.00. The zero-order valence-electron chi connectivity index (χ0n) is 13.0. The summed E-state index contributed by atoms with van der Waals surface area (Å²) in [5, 5.41) is 18.4. The lowest BCUT2D eigenvalue weighted by Gasteiger charge is -2.28. The van der Waals surface area contributed by atoms with Crippen LogP contribution >= 0.6 is 0 Å². The number of ether oxygens (including phenoxy) is 1. The minimum Gasteiger partial charge on any atom is -0.478 e. The van der Waals surface area contributed by atoms with Crippen molar-refractivity contribution < 1.29 is 29.3 Å². The quantitative estimate of drug-likeness (QED) is 0.532. The van der Waals surface area contributed by atoms with E-state index in [4.69, 9.17) is 9.84 Å². The van der Waals surface area contributed by atoms with Crippen molar-refractivity contribution in [1.29, 1.82) is 0 Å². The third kappa shape index (κ3) is 3.98. The summed E-state index contributed by atoms with van der Waals surface area (Å²) in [4.78, 5) is 35.1. The molecule has 0 aliphatic rings. The number of rotatable bonds is 9. The molecule has 0 aliphatic carbocycles. The van der Waals surface area contributed by atoms with Crippen LogP contribution in [0.5, 0.6) is 0 Å². The van der Waals surface area contributed by atoms with Crippen LogP contribution in [-0.4, -0.2) is 33.7 Å². The van der Waals surface area contributed by atoms with Gasteiger partial charge in [-0.3, -0.25) is 0 Å². The van der Waals surface area contributed by atoms with Gasteiger partial charge in [0, 0.05) is 12.8 Å². The number of hydrogen-bond donors (Lipinski definition) is 2. The molecule has 0 heterocycles. The van der Waals surface area contributed by atoms with Crippen molar-refractivity contribution >= 4 is 17.9 Å². The van der Waals surface area contributed by atoms with E-state index in [1.54, 1.807) is 0 Å². The summed E-state index contributed by atoms with van der Waals surface area (Å²) in [5.74, 6) is -3.94. The third-order valence-corrected chi connectivity index (χ3v) is 3.38. The van der Waals surface area contributed by atoms with Gasteiger partial charge in [0.05, 0.1) is 16.7 Å². The summed E-state index contributed by atoms with van der Waals surface area (Å²) in [7, 11) is 0. The molecule has 0 fully saturated rings. The summed E-state index contributed by atoms with van der Waals surface area (Å²) in [6.07, 6.45) is 4.97. The minimum absolute atomic E-state index is 0.245. The fourth-order valence-corrected chi connectivity index (χ4v) is 2.23. The molecule has 2 N–H and O–H groups in total. The van der Waals surface area contributed by atoms with Crippen molar-refractivity contribution in [2.24, 2.45) is 0 Å². The van der Waals surface area contributed by atoms with Crippen LogP contribution in [0.15, 0.2) is 56.2 Å². The molecule has 0 spiro atoms. The summed E-state index contributed by atoms with van der Waals surface area (Å²) < 4.78 is 5.42. The maximum Gasteiger partial charge on any atom is 0.339 e. The number of carboxylic acids is 2. The Hall–Kier alpha value is -3.15. The molecular weight excluding hydrogens is 312 g/mol. The largest absolute Gasteiger partial charge is 0.478 e. The highest BCUT2D eigenvalue weighted by atomic mass is 16.6. The van der Waals surface area contributed by atoms with Gasteiger partial charge in [0.15, 0.2) is 0 Å². The van der Waals surface area contributed by atoms with Gasteiger partial charge in [-0.15, -0.1) is 13.2 Å². The Bertz CT molecular complexity index is 691. The van der Waals surface area contributed by atoms with E-state index >= 15 is 0 Å². The second kappa shape index (κ2) is 7.92. The molecule has 0 radical (unpaired) electrons. The number of benzene rings is 1. The van der Waals surface area contributed by atoms with Gasteiger partial charge in [-0.2, -0.15) is 0 Å². The molecule has 0 aliphatic heterocycles. The molecule has 0 atom stereocenters. The van der Waals surface area contributed by atoms with Crippen molar-refractivity contribution in [2.45, 2.75) is 18.4 Å². The van der Waals surface area contributed by atoms with Crippen molar-refractivity contribution in [3.63, 3.8) is 0 Å². The van der Waals surface area contributed by atoms with Gasteiger partial charge < -0.3 is 14.9 Å². The van der Waals surface area contributed by atoms with Crippen molar-refractivity contribution in [3.05, 3.63) is 72.9 Å². The Morgan fingerprint density at radius 2 is 1.54 bits per heavy atom. The summed E-state index contributed by atoms with van der Waals surface area (Å²) in [6, 6.07) is 3.59. The molecule has 0 saturated carbocycles. The predicted molar refractivity (Wildman–Crippen MR) is 88.3 cm³/mol. The first-order chi connectivity index (χ1) is 11.3. The van der Waals surface area contributed by atoms with E-state index in [1.165, 1.54) is 30.4 Å². The van der Waals surface area contributed by atoms with E-state index in [-0.39, 0.29) is 18.4 Å². The molecule has 6 nitrogen and oxygen atoms in total. The topological polar surface area (TPSA) is 101 Å². The molecule has 6 heteroatoms. The Labute approximate surface area is 139 Å². The van der Waals surface area contributed by atoms with Gasteiger partial charge in [0.2, 0.25) is 0 Å². The Morgan fingerprint density at radius 1 is 1.00 bits per heavy atom. The minimum atomic E-state index is -1.53. The Kier molecular flexibility index (Phi) is 6.23. The van der Waals surface area contributed by atoms with Gasteiger partial charge in [0.1, 0.15) is 5.60 Å². The standard InChI is InChI=1S/C18H18O6/c1-4-10-18(6-3,11-5-2)24-17(23)13-9-7-8-12(15(19)20)14(13)16(21)22/h4-9H,1-3,10-11H2,(H,19,20)(H,21,22). The second-order valence-electron chi connectivity index (χ2n) is 4.98. The zero-order chi connectivity index (χ0) is 18.3.